The summed E-state index contributed by atoms with van der Waals surface area (Å²) in [6, 6.07) is 23.7. The number of methoxy groups -OCH3 is 1. The monoisotopic (exact) mass is 874 g/mol. The number of alkyl carbamates (subject to hydrolysis) is 1. The van der Waals surface area contributed by atoms with Crippen molar-refractivity contribution in [2.45, 2.75) is 88.7 Å². The van der Waals surface area contributed by atoms with Crippen molar-refractivity contribution in [3.8, 4) is 11.5 Å². The van der Waals surface area contributed by atoms with Crippen LogP contribution in [0.4, 0.5) is 4.79 Å². The number of carbonyl (C=O) groups is 2. The minimum Gasteiger partial charge on any atom is -0.497 e. The zero-order chi connectivity index (χ0) is 43.2. The Morgan fingerprint density at radius 1 is 0.967 bits per heavy atom. The topological polar surface area (TPSA) is 189 Å². The van der Waals surface area contributed by atoms with E-state index >= 15 is 0 Å². The molecule has 0 spiro atoms. The molecule has 2 aliphatic rings. The molecule has 5 rings (SSSR count). The third-order valence-electron chi connectivity index (χ3n) is 10.0. The van der Waals surface area contributed by atoms with Gasteiger partial charge in [0.15, 0.2) is 12.5 Å². The lowest BCUT2D eigenvalue weighted by molar-refractivity contribution is -0.152. The number of hydrogen-bond donors (Lipinski definition) is 2. The summed E-state index contributed by atoms with van der Waals surface area (Å²) in [5.41, 5.74) is 0.566. The first-order valence-corrected chi connectivity index (χ1v) is 22.8. The smallest absolute Gasteiger partial charge is 0.497 e. The molecular formula is C42H57N3O13PS+. The molecule has 2 aliphatic heterocycles. The van der Waals surface area contributed by atoms with Crippen molar-refractivity contribution in [3.63, 3.8) is 0 Å². The average molecular weight is 875 g/mol. The van der Waals surface area contributed by atoms with Gasteiger partial charge in [-0.15, -0.1) is 4.52 Å². The second-order valence-electron chi connectivity index (χ2n) is 14.8. The zero-order valence-electron chi connectivity index (χ0n) is 34.7. The summed E-state index contributed by atoms with van der Waals surface area (Å²) in [5, 5.41) is 14.1. The van der Waals surface area contributed by atoms with E-state index in [1.54, 1.807) is 80.6 Å². The number of carbonyl (C=O) groups excluding carboxylic acids is 2. The van der Waals surface area contributed by atoms with Crippen LogP contribution in [0.1, 0.15) is 58.7 Å². The van der Waals surface area contributed by atoms with Crippen LogP contribution in [0.3, 0.4) is 0 Å². The average Bonchev–Trinajstić information content (AvgIpc) is 3.83. The fourth-order valence-corrected chi connectivity index (χ4v) is 9.82. The third-order valence-corrected chi connectivity index (χ3v) is 13.2. The van der Waals surface area contributed by atoms with Gasteiger partial charge >= 0.3 is 20.2 Å². The van der Waals surface area contributed by atoms with Crippen molar-refractivity contribution < 1.29 is 60.6 Å². The Bertz CT molecular complexity index is 1930. The summed E-state index contributed by atoms with van der Waals surface area (Å²) in [4.78, 5) is 26.9. The Morgan fingerprint density at radius 2 is 1.65 bits per heavy atom. The van der Waals surface area contributed by atoms with Crippen LogP contribution in [0.15, 0.2) is 89.8 Å². The van der Waals surface area contributed by atoms with Gasteiger partial charge in [0.25, 0.3) is 0 Å². The van der Waals surface area contributed by atoms with Crippen LogP contribution in [-0.4, -0.2) is 112 Å². The fourth-order valence-electron chi connectivity index (χ4n) is 7.08. The van der Waals surface area contributed by atoms with Crippen molar-refractivity contribution in [1.29, 1.82) is 0 Å². The number of ether oxygens (including phenoxy) is 6. The SMILES string of the molecule is CCOC(=O)C(COc1ccccc1)O[P+](=O)N(CC)C(NC(=O)O[C@@H]1[C@@H]2CCO[C@@H]2O[C@H]1CCC(O)CN(CC(C)C)S(=O)(=O)c1ccc(OC)cc1)c1ccccc1. The van der Waals surface area contributed by atoms with Crippen molar-refractivity contribution in [2.24, 2.45) is 11.8 Å². The van der Waals surface area contributed by atoms with Gasteiger partial charge in [-0.1, -0.05) is 62.4 Å². The van der Waals surface area contributed by atoms with Crippen LogP contribution in [0.2, 0.25) is 0 Å². The number of rotatable bonds is 23. The standard InChI is InChI=1S/C42H56N3O13PS/c1-6-45(59(49)58-37(40(47)53-7-2)28-55-33-16-12-9-13-17-33)39(30-14-10-8-11-15-30)43-42(48)57-38-35-24-25-54-41(35)56-36(38)23-18-31(46)27-44(26-29(3)4)60(50,51)34-21-19-32(52-5)20-22-34/h8-17,19-22,29,31,35-39,41,46H,6-7,18,23-28H2,1-5H3/p+1/t31?,35-,36-,37?,38+,39?,41+/m0/s1. The lowest BCUT2D eigenvalue weighted by Crippen LogP contribution is -2.43. The Balaban J connectivity index is 1.27. The highest BCUT2D eigenvalue weighted by Crippen LogP contribution is 2.41. The number of sulfonamides is 1. The van der Waals surface area contributed by atoms with Gasteiger partial charge in [-0.2, -0.15) is 4.31 Å². The van der Waals surface area contributed by atoms with Gasteiger partial charge in [-0.05, 0) is 90.2 Å². The van der Waals surface area contributed by atoms with E-state index in [1.807, 2.05) is 19.9 Å². The van der Waals surface area contributed by atoms with Crippen LogP contribution in [0, 0.1) is 11.8 Å². The molecule has 0 bridgehead atoms. The normalized spacial score (nSPS) is 20.6. The maximum Gasteiger partial charge on any atom is 0.619 e. The summed E-state index contributed by atoms with van der Waals surface area (Å²) in [5.74, 6) is -0.0644. The number of fused-ring (bicyclic) bond motifs is 1. The number of aliphatic hydroxyl groups is 1. The quantitative estimate of drug-likeness (QED) is 0.0637. The largest absolute Gasteiger partial charge is 0.619 e. The van der Waals surface area contributed by atoms with E-state index in [4.69, 9.17) is 32.9 Å². The van der Waals surface area contributed by atoms with Crippen molar-refractivity contribution >= 4 is 30.3 Å². The molecule has 2 N–H and O–H groups in total. The van der Waals surface area contributed by atoms with Crippen LogP contribution in [0.25, 0.3) is 0 Å². The van der Waals surface area contributed by atoms with Crippen LogP contribution >= 0.6 is 8.18 Å². The maximum atomic E-state index is 14.0. The Kier molecular flexibility index (Phi) is 17.6. The van der Waals surface area contributed by atoms with Gasteiger partial charge in [-0.3, -0.25) is 5.32 Å². The first-order chi connectivity index (χ1) is 28.8. The maximum absolute atomic E-state index is 14.0. The number of hydrogen-bond acceptors (Lipinski definition) is 13. The molecule has 2 saturated heterocycles. The van der Waals surface area contributed by atoms with E-state index < -0.39 is 67.1 Å². The fraction of sp³-hybridized carbons (Fsp3) is 0.524. The molecule has 8 atom stereocenters. The molecule has 16 nitrogen and oxygen atoms in total. The highest BCUT2D eigenvalue weighted by atomic mass is 32.2. The van der Waals surface area contributed by atoms with Crippen LogP contribution in [-0.2, 0) is 42.9 Å². The Hall–Kier alpha value is -4.19. The number of aliphatic hydroxyl groups excluding tert-OH is 1. The summed E-state index contributed by atoms with van der Waals surface area (Å²) in [6.45, 7) is 7.53. The summed E-state index contributed by atoms with van der Waals surface area (Å²) in [6.07, 6.45) is -5.42. The van der Waals surface area contributed by atoms with E-state index in [0.717, 1.165) is 0 Å². The highest BCUT2D eigenvalue weighted by molar-refractivity contribution is 7.89. The molecule has 3 aromatic rings. The van der Waals surface area contributed by atoms with Crippen LogP contribution in [0.5, 0.6) is 11.5 Å². The molecule has 0 aromatic heterocycles. The van der Waals surface area contributed by atoms with E-state index in [9.17, 15) is 27.7 Å². The second kappa shape index (κ2) is 22.6. The third kappa shape index (κ3) is 12.7. The summed E-state index contributed by atoms with van der Waals surface area (Å²) < 4.78 is 84.1. The van der Waals surface area contributed by atoms with E-state index in [0.29, 0.717) is 30.1 Å². The van der Waals surface area contributed by atoms with E-state index in [-0.39, 0.29) is 62.4 Å². The minimum atomic E-state index is -3.95. The summed E-state index contributed by atoms with van der Waals surface area (Å²) in [7, 11) is -5.23. The lowest BCUT2D eigenvalue weighted by atomic mass is 9.96. The van der Waals surface area contributed by atoms with E-state index in [2.05, 4.69) is 5.32 Å². The van der Waals surface area contributed by atoms with Gasteiger partial charge in [-0.25, -0.2) is 18.0 Å². The molecule has 0 saturated carbocycles. The predicted octanol–water partition coefficient (Wildman–Crippen LogP) is 6.04. The van der Waals surface area contributed by atoms with Crippen molar-refractivity contribution in [1.82, 2.24) is 14.3 Å². The predicted molar refractivity (Wildman–Crippen MR) is 221 cm³/mol. The van der Waals surface area contributed by atoms with Crippen molar-refractivity contribution in [3.05, 3.63) is 90.5 Å². The number of para-hydroxylation sites is 1. The lowest BCUT2D eigenvalue weighted by Gasteiger charge is -2.28. The number of nitrogens with one attached hydrogen (secondary N) is 1. The second-order valence-corrected chi connectivity index (χ2v) is 17.9. The first-order valence-electron chi connectivity index (χ1n) is 20.2. The van der Waals surface area contributed by atoms with Gasteiger partial charge in [0, 0.05) is 19.6 Å². The highest BCUT2D eigenvalue weighted by Gasteiger charge is 2.51. The molecular weight excluding hydrogens is 818 g/mol. The molecule has 60 heavy (non-hydrogen) atoms. The molecule has 1 amide bonds. The molecule has 4 unspecified atom stereocenters. The van der Waals surface area contributed by atoms with Gasteiger partial charge in [0.05, 0.1) is 43.3 Å². The van der Waals surface area contributed by atoms with Crippen LogP contribution < -0.4 is 14.8 Å². The molecule has 0 aliphatic carbocycles. The first kappa shape index (κ1) is 46.9. The Morgan fingerprint density at radius 3 is 2.28 bits per heavy atom. The number of benzene rings is 3. The molecule has 0 radical (unpaired) electrons. The molecule has 328 valence electrons. The number of nitrogens with zero attached hydrogens (tertiary/aromatic N) is 2. The van der Waals surface area contributed by atoms with E-state index in [1.165, 1.54) is 28.2 Å². The Labute approximate surface area is 353 Å². The van der Waals surface area contributed by atoms with Gasteiger partial charge in [0.1, 0.15) is 24.2 Å². The van der Waals surface area contributed by atoms with Gasteiger partial charge in [0.2, 0.25) is 16.1 Å². The number of esters is 1. The van der Waals surface area contributed by atoms with Crippen molar-refractivity contribution in [2.75, 3.05) is 46.6 Å². The summed E-state index contributed by atoms with van der Waals surface area (Å²) >= 11 is 0. The van der Waals surface area contributed by atoms with Gasteiger partial charge < -0.3 is 33.5 Å². The molecule has 2 heterocycles. The molecule has 18 heteroatoms. The number of amides is 1. The minimum absolute atomic E-state index is 0.0168. The molecule has 3 aromatic carbocycles. The zero-order valence-corrected chi connectivity index (χ0v) is 36.4. The molecule has 2 fully saturated rings.